The molecule has 1 aromatic rings. The van der Waals surface area contributed by atoms with Gasteiger partial charge in [-0.15, -0.1) is 0 Å². The molecule has 0 aliphatic carbocycles. The molecule has 0 bridgehead atoms. The Morgan fingerprint density at radius 1 is 1.36 bits per heavy atom. The topological polar surface area (TPSA) is 38.9 Å². The molecule has 2 N–H and O–H groups in total. The molecule has 0 unspecified atom stereocenters. The van der Waals surface area contributed by atoms with Crippen LogP contribution in [0.25, 0.3) is 0 Å². The van der Waals surface area contributed by atoms with Gasteiger partial charge in [-0.2, -0.15) is 0 Å². The zero-order valence-corrected chi connectivity index (χ0v) is 7.46. The molecule has 2 heteroatoms. The van der Waals surface area contributed by atoms with Crippen LogP contribution < -0.4 is 5.73 Å². The van der Waals surface area contributed by atoms with E-state index in [1.165, 1.54) is 5.56 Å². The Labute approximate surface area is 68.5 Å². The van der Waals surface area contributed by atoms with Gasteiger partial charge in [0.25, 0.3) is 0 Å². The molecule has 0 radical (unpaired) electrons. The predicted molar refractivity (Wildman–Crippen MR) is 48.2 cm³/mol. The Kier molecular flexibility index (Phi) is 5.39. The molecule has 0 saturated carbocycles. The Morgan fingerprint density at radius 3 is 2.36 bits per heavy atom. The van der Waals surface area contributed by atoms with Gasteiger partial charge < -0.3 is 5.73 Å². The van der Waals surface area contributed by atoms with Crippen molar-refractivity contribution >= 4 is 0 Å². The molecule has 1 heterocycles. The summed E-state index contributed by atoms with van der Waals surface area (Å²) in [5.74, 6) is 0. The third kappa shape index (κ3) is 3.73. The van der Waals surface area contributed by atoms with Crippen LogP contribution in [0.1, 0.15) is 25.1 Å². The average Bonchev–Trinajstić information content (AvgIpc) is 2.10. The lowest BCUT2D eigenvalue weighted by Crippen LogP contribution is -1.98. The number of aryl methyl sites for hydroxylation is 1. The van der Waals surface area contributed by atoms with Gasteiger partial charge in [0.15, 0.2) is 0 Å². The zero-order valence-electron chi connectivity index (χ0n) is 7.46. The maximum Gasteiger partial charge on any atom is 0.0539 e. The summed E-state index contributed by atoms with van der Waals surface area (Å²) < 4.78 is 0. The molecule has 1 rings (SSSR count). The van der Waals surface area contributed by atoms with Crippen LogP contribution in [0, 0.1) is 6.92 Å². The third-order valence-electron chi connectivity index (χ3n) is 1.18. The van der Waals surface area contributed by atoms with Crippen molar-refractivity contribution in [3.63, 3.8) is 0 Å². The smallest absolute Gasteiger partial charge is 0.0539 e. The number of hydrogen-bond donors (Lipinski definition) is 1. The summed E-state index contributed by atoms with van der Waals surface area (Å²) in [5, 5.41) is 0. The molecule has 0 spiro atoms. The molecular weight excluding hydrogens is 136 g/mol. The third-order valence-corrected chi connectivity index (χ3v) is 1.18. The Balaban J connectivity index is 0.000000461. The molecule has 1 aromatic heterocycles. The second kappa shape index (κ2) is 5.86. The first kappa shape index (κ1) is 10.1. The molecule has 2 nitrogen and oxygen atoms in total. The van der Waals surface area contributed by atoms with E-state index >= 15 is 0 Å². The lowest BCUT2D eigenvalue weighted by Gasteiger charge is -1.93. The van der Waals surface area contributed by atoms with Crippen LogP contribution in [0.5, 0.6) is 0 Å². The van der Waals surface area contributed by atoms with Gasteiger partial charge in [-0.3, -0.25) is 4.98 Å². The zero-order chi connectivity index (χ0) is 8.69. The summed E-state index contributed by atoms with van der Waals surface area (Å²) in [5.41, 5.74) is 7.46. The fourth-order valence-electron chi connectivity index (χ4n) is 0.619. The van der Waals surface area contributed by atoms with E-state index in [2.05, 4.69) is 4.98 Å². The first-order valence-electron chi connectivity index (χ1n) is 3.94. The van der Waals surface area contributed by atoms with Gasteiger partial charge >= 0.3 is 0 Å². The molecule has 0 aliphatic heterocycles. The number of nitrogens with zero attached hydrogens (tertiary/aromatic N) is 1. The number of pyridine rings is 1. The summed E-state index contributed by atoms with van der Waals surface area (Å²) in [4.78, 5) is 4.07. The Bertz CT molecular complexity index is 179. The molecule has 0 amide bonds. The Hall–Kier alpha value is -0.890. The number of aromatic nitrogens is 1. The van der Waals surface area contributed by atoms with Crippen molar-refractivity contribution in [3.8, 4) is 0 Å². The van der Waals surface area contributed by atoms with Crippen LogP contribution in [-0.4, -0.2) is 4.98 Å². The van der Waals surface area contributed by atoms with E-state index in [-0.39, 0.29) is 0 Å². The van der Waals surface area contributed by atoms with Gasteiger partial charge in [-0.25, -0.2) is 0 Å². The molecule has 0 aromatic carbocycles. The summed E-state index contributed by atoms with van der Waals surface area (Å²) in [7, 11) is 0. The first-order chi connectivity index (χ1) is 5.33. The minimum Gasteiger partial charge on any atom is -0.325 e. The van der Waals surface area contributed by atoms with Crippen molar-refractivity contribution in [1.29, 1.82) is 0 Å². The van der Waals surface area contributed by atoms with Gasteiger partial charge in [0.1, 0.15) is 0 Å². The second-order valence-electron chi connectivity index (χ2n) is 2.03. The predicted octanol–water partition coefficient (Wildman–Crippen LogP) is 1.87. The highest BCUT2D eigenvalue weighted by Gasteiger charge is 1.86. The molecule has 0 saturated heterocycles. The first-order valence-corrected chi connectivity index (χ1v) is 3.94. The lowest BCUT2D eigenvalue weighted by molar-refractivity contribution is 0.984. The number of hydrogen-bond acceptors (Lipinski definition) is 2. The van der Waals surface area contributed by atoms with Crippen LogP contribution in [0.15, 0.2) is 18.3 Å². The van der Waals surface area contributed by atoms with E-state index in [4.69, 9.17) is 5.73 Å². The van der Waals surface area contributed by atoms with E-state index in [9.17, 15) is 0 Å². The molecule has 0 atom stereocenters. The van der Waals surface area contributed by atoms with Crippen LogP contribution in [0.4, 0.5) is 0 Å². The standard InChI is InChI=1S/C7H10N2.C2H6/c1-6-2-3-7(4-8)9-5-6;1-2/h2-3,5H,4,8H2,1H3;1-2H3. The minimum atomic E-state index is 0.528. The van der Waals surface area contributed by atoms with Crippen LogP contribution in [0.3, 0.4) is 0 Å². The Morgan fingerprint density at radius 2 is 2.00 bits per heavy atom. The largest absolute Gasteiger partial charge is 0.325 e. The summed E-state index contributed by atoms with van der Waals surface area (Å²) in [6, 6.07) is 3.95. The van der Waals surface area contributed by atoms with Gasteiger partial charge in [0, 0.05) is 12.7 Å². The van der Waals surface area contributed by atoms with E-state index in [0.29, 0.717) is 6.54 Å². The lowest BCUT2D eigenvalue weighted by atomic mass is 10.3. The average molecular weight is 152 g/mol. The molecule has 62 valence electrons. The van der Waals surface area contributed by atoms with Crippen molar-refractivity contribution in [3.05, 3.63) is 29.6 Å². The minimum absolute atomic E-state index is 0.528. The van der Waals surface area contributed by atoms with E-state index in [0.717, 1.165) is 5.69 Å². The monoisotopic (exact) mass is 152 g/mol. The van der Waals surface area contributed by atoms with Crippen LogP contribution in [0.2, 0.25) is 0 Å². The quantitative estimate of drug-likeness (QED) is 0.667. The molecular formula is C9H16N2. The van der Waals surface area contributed by atoms with Gasteiger partial charge in [-0.1, -0.05) is 19.9 Å². The summed E-state index contributed by atoms with van der Waals surface area (Å²) in [6.07, 6.45) is 1.82. The van der Waals surface area contributed by atoms with E-state index < -0.39 is 0 Å². The molecule has 0 aliphatic rings. The summed E-state index contributed by atoms with van der Waals surface area (Å²) >= 11 is 0. The molecule has 0 fully saturated rings. The number of rotatable bonds is 1. The van der Waals surface area contributed by atoms with Gasteiger partial charge in [-0.05, 0) is 18.6 Å². The highest BCUT2D eigenvalue weighted by molar-refractivity contribution is 5.11. The van der Waals surface area contributed by atoms with Crippen molar-refractivity contribution in [2.24, 2.45) is 5.73 Å². The fourth-order valence-corrected chi connectivity index (χ4v) is 0.619. The SMILES string of the molecule is CC.Cc1ccc(CN)nc1. The van der Waals surface area contributed by atoms with Crippen molar-refractivity contribution in [1.82, 2.24) is 4.98 Å². The molecule has 11 heavy (non-hydrogen) atoms. The van der Waals surface area contributed by atoms with Crippen molar-refractivity contribution < 1.29 is 0 Å². The van der Waals surface area contributed by atoms with E-state index in [1.54, 1.807) is 0 Å². The van der Waals surface area contributed by atoms with E-state index in [1.807, 2.05) is 39.1 Å². The number of nitrogens with two attached hydrogens (primary N) is 1. The van der Waals surface area contributed by atoms with Crippen LogP contribution >= 0.6 is 0 Å². The highest BCUT2D eigenvalue weighted by Crippen LogP contribution is 1.95. The summed E-state index contributed by atoms with van der Waals surface area (Å²) in [6.45, 7) is 6.54. The van der Waals surface area contributed by atoms with Crippen molar-refractivity contribution in [2.75, 3.05) is 0 Å². The van der Waals surface area contributed by atoms with Crippen molar-refractivity contribution in [2.45, 2.75) is 27.3 Å². The normalized spacial score (nSPS) is 8.36. The maximum absolute atomic E-state index is 5.34. The maximum atomic E-state index is 5.34. The fraction of sp³-hybridized carbons (Fsp3) is 0.444. The van der Waals surface area contributed by atoms with Gasteiger partial charge in [0.05, 0.1) is 5.69 Å². The second-order valence-corrected chi connectivity index (χ2v) is 2.03. The van der Waals surface area contributed by atoms with Crippen LogP contribution in [-0.2, 0) is 6.54 Å². The van der Waals surface area contributed by atoms with Gasteiger partial charge in [0.2, 0.25) is 0 Å². The highest BCUT2D eigenvalue weighted by atomic mass is 14.7.